The lowest BCUT2D eigenvalue weighted by Crippen LogP contribution is -2.23. The number of hydrogen-bond acceptors (Lipinski definition) is 5. The zero-order chi connectivity index (χ0) is 18.0. The Morgan fingerprint density at radius 3 is 2.76 bits per heavy atom. The summed E-state index contributed by atoms with van der Waals surface area (Å²) in [5.74, 6) is -0.461. The molecular weight excluding hydrogens is 362 g/mol. The predicted octanol–water partition coefficient (Wildman–Crippen LogP) is 3.85. The third kappa shape index (κ3) is 4.73. The average Bonchev–Trinajstić information content (AvgIpc) is 3.17. The molecule has 2 heterocycles. The molecule has 0 radical (unpaired) electrons. The lowest BCUT2D eigenvalue weighted by atomic mass is 10.2. The monoisotopic (exact) mass is 382 g/mol. The number of benzene rings is 1. The number of rotatable bonds is 4. The normalized spacial score (nSPS) is 19.6. The molecule has 0 bridgehead atoms. The summed E-state index contributed by atoms with van der Waals surface area (Å²) in [6.07, 6.45) is 3.89. The van der Waals surface area contributed by atoms with Gasteiger partial charge in [0.15, 0.2) is 5.17 Å². The molecule has 0 aromatic heterocycles. The molecule has 2 aliphatic heterocycles. The van der Waals surface area contributed by atoms with Crippen LogP contribution >= 0.6 is 18.9 Å². The second-order valence-electron chi connectivity index (χ2n) is 6.53. The van der Waals surface area contributed by atoms with Crippen molar-refractivity contribution < 1.29 is 18.5 Å². The van der Waals surface area contributed by atoms with E-state index in [1.54, 1.807) is 25.5 Å². The molecule has 0 atom stereocenters. The number of amidine groups is 1. The minimum Gasteiger partial charge on any atom is -0.485 e. The summed E-state index contributed by atoms with van der Waals surface area (Å²) in [7, 11) is -2.41. The largest absolute Gasteiger partial charge is 0.485 e. The van der Waals surface area contributed by atoms with Gasteiger partial charge in [0.1, 0.15) is 25.1 Å². The Labute approximate surface area is 150 Å². The van der Waals surface area contributed by atoms with Gasteiger partial charge >= 0.3 is 0 Å². The van der Waals surface area contributed by atoms with Crippen LogP contribution in [0.15, 0.2) is 28.1 Å². The molecule has 0 saturated carbocycles. The van der Waals surface area contributed by atoms with E-state index in [9.17, 15) is 13.8 Å². The van der Waals surface area contributed by atoms with Gasteiger partial charge in [-0.15, -0.1) is 0 Å². The number of amides is 1. The Hall–Kier alpha value is -1.59. The number of carbonyl (C=O) groups is 1. The summed E-state index contributed by atoms with van der Waals surface area (Å²) in [4.78, 5) is 18.9. The van der Waals surface area contributed by atoms with Crippen molar-refractivity contribution in [3.63, 3.8) is 0 Å². The summed E-state index contributed by atoms with van der Waals surface area (Å²) in [5.41, 5.74) is 0.573. The Balaban J connectivity index is 1.81. The topological polar surface area (TPSA) is 59.0 Å². The highest BCUT2D eigenvalue weighted by Crippen LogP contribution is 2.38. The number of likely N-dealkylation sites (tertiary alicyclic amines) is 1. The summed E-state index contributed by atoms with van der Waals surface area (Å²) in [6, 6.07) is 4.10. The molecular formula is C17H20FN2O3PS. The van der Waals surface area contributed by atoms with Crippen LogP contribution in [0.2, 0.25) is 0 Å². The van der Waals surface area contributed by atoms with E-state index in [4.69, 9.17) is 4.74 Å². The van der Waals surface area contributed by atoms with Gasteiger partial charge in [-0.2, -0.15) is 4.99 Å². The summed E-state index contributed by atoms with van der Waals surface area (Å²) in [5, 5.41) is 0.727. The van der Waals surface area contributed by atoms with Crippen LogP contribution in [-0.4, -0.2) is 48.7 Å². The molecule has 1 amide bonds. The fraction of sp³-hybridized carbons (Fsp3) is 0.412. The molecule has 5 nitrogen and oxygen atoms in total. The number of hydrogen-bond donors (Lipinski definition) is 0. The quantitative estimate of drug-likeness (QED) is 0.585. The number of aliphatic imine (C=N–C) groups is 1. The molecule has 2 aliphatic rings. The van der Waals surface area contributed by atoms with E-state index in [2.05, 4.69) is 9.89 Å². The number of ether oxygens (including phenoxy) is 1. The summed E-state index contributed by atoms with van der Waals surface area (Å²) < 4.78 is 30.9. The minimum absolute atomic E-state index is 0.0171. The fourth-order valence-corrected chi connectivity index (χ4v) is 3.97. The second kappa shape index (κ2) is 7.34. The highest BCUT2D eigenvalue weighted by Gasteiger charge is 2.28. The summed E-state index contributed by atoms with van der Waals surface area (Å²) in [6.45, 7) is 5.05. The van der Waals surface area contributed by atoms with Crippen LogP contribution in [0.5, 0.6) is 5.75 Å². The van der Waals surface area contributed by atoms with Gasteiger partial charge in [0.25, 0.3) is 5.91 Å². The Bertz CT molecular complexity index is 797. The molecule has 1 saturated heterocycles. The number of thioether (sulfide) groups is 1. The van der Waals surface area contributed by atoms with Gasteiger partial charge in [-0.25, -0.2) is 4.39 Å². The lowest BCUT2D eigenvalue weighted by Gasteiger charge is -2.15. The minimum atomic E-state index is -2.41. The Morgan fingerprint density at radius 2 is 2.08 bits per heavy atom. The molecule has 8 heteroatoms. The molecule has 0 spiro atoms. The molecule has 134 valence electrons. The van der Waals surface area contributed by atoms with E-state index in [1.165, 1.54) is 23.9 Å². The molecule has 25 heavy (non-hydrogen) atoms. The van der Waals surface area contributed by atoms with Gasteiger partial charge in [-0.1, -0.05) is 0 Å². The van der Waals surface area contributed by atoms with Crippen molar-refractivity contribution >= 4 is 36.1 Å². The maximum atomic E-state index is 13.6. The average molecular weight is 382 g/mol. The molecule has 1 fully saturated rings. The van der Waals surface area contributed by atoms with E-state index in [-0.39, 0.29) is 18.0 Å². The van der Waals surface area contributed by atoms with Gasteiger partial charge in [0, 0.05) is 24.7 Å². The van der Waals surface area contributed by atoms with Gasteiger partial charge < -0.3 is 14.2 Å². The van der Waals surface area contributed by atoms with Gasteiger partial charge in [-0.05, 0) is 56.1 Å². The smallest absolute Gasteiger partial charge is 0.286 e. The van der Waals surface area contributed by atoms with Crippen molar-refractivity contribution in [3.8, 4) is 5.75 Å². The first-order valence-corrected chi connectivity index (χ1v) is 11.7. The van der Waals surface area contributed by atoms with E-state index in [0.717, 1.165) is 31.1 Å². The fourth-order valence-electron chi connectivity index (χ4n) is 2.56. The first-order valence-electron chi connectivity index (χ1n) is 8.06. The Kier molecular flexibility index (Phi) is 5.35. The van der Waals surface area contributed by atoms with Crippen LogP contribution in [-0.2, 0) is 9.36 Å². The van der Waals surface area contributed by atoms with Gasteiger partial charge in [-0.3, -0.25) is 4.79 Å². The maximum Gasteiger partial charge on any atom is 0.286 e. The SMILES string of the molecule is CP(C)(=O)COc1cc(F)ccc1/C=C1\SC(N2CCCC2)=NC1=O. The number of nitrogens with zero attached hydrogens (tertiary/aromatic N) is 2. The first-order chi connectivity index (χ1) is 11.8. The van der Waals surface area contributed by atoms with Crippen LogP contribution < -0.4 is 4.74 Å². The summed E-state index contributed by atoms with van der Waals surface area (Å²) >= 11 is 1.33. The standard InChI is InChI=1S/C17H20FN2O3PS/c1-24(2,22)11-23-14-10-13(18)6-5-12(14)9-15-16(21)19-17(25-15)20-7-3-4-8-20/h5-6,9-10H,3-4,7-8,11H2,1-2H3/b15-9-. The zero-order valence-corrected chi connectivity index (χ0v) is 15.9. The van der Waals surface area contributed by atoms with E-state index < -0.39 is 13.0 Å². The molecule has 3 rings (SSSR count). The highest BCUT2D eigenvalue weighted by atomic mass is 32.2. The Morgan fingerprint density at radius 1 is 1.36 bits per heavy atom. The highest BCUT2D eigenvalue weighted by molar-refractivity contribution is 8.18. The predicted molar refractivity (Wildman–Crippen MR) is 100 cm³/mol. The lowest BCUT2D eigenvalue weighted by molar-refractivity contribution is -0.113. The van der Waals surface area contributed by atoms with Crippen molar-refractivity contribution in [1.82, 2.24) is 4.90 Å². The third-order valence-corrected chi connectivity index (χ3v) is 5.57. The molecule has 0 aliphatic carbocycles. The molecule has 0 N–H and O–H groups in total. The number of halogens is 1. The zero-order valence-electron chi connectivity index (χ0n) is 14.2. The van der Waals surface area contributed by atoms with Gasteiger partial charge in [0.05, 0.1) is 4.91 Å². The van der Waals surface area contributed by atoms with E-state index in [1.807, 2.05) is 0 Å². The second-order valence-corrected chi connectivity index (χ2v) is 10.9. The van der Waals surface area contributed by atoms with Crippen LogP contribution in [0, 0.1) is 5.82 Å². The molecule has 1 aromatic carbocycles. The van der Waals surface area contributed by atoms with Crippen LogP contribution in [0.4, 0.5) is 4.39 Å². The van der Waals surface area contributed by atoms with Crippen LogP contribution in [0.3, 0.4) is 0 Å². The molecule has 0 unspecified atom stereocenters. The van der Waals surface area contributed by atoms with Crippen molar-refractivity contribution in [1.29, 1.82) is 0 Å². The van der Waals surface area contributed by atoms with E-state index in [0.29, 0.717) is 10.5 Å². The number of carbonyl (C=O) groups excluding carboxylic acids is 1. The van der Waals surface area contributed by atoms with Crippen LogP contribution in [0.25, 0.3) is 6.08 Å². The van der Waals surface area contributed by atoms with Crippen molar-refractivity contribution in [2.75, 3.05) is 32.8 Å². The third-order valence-electron chi connectivity index (χ3n) is 3.78. The van der Waals surface area contributed by atoms with Crippen molar-refractivity contribution in [2.24, 2.45) is 4.99 Å². The van der Waals surface area contributed by atoms with Crippen LogP contribution in [0.1, 0.15) is 18.4 Å². The van der Waals surface area contributed by atoms with E-state index >= 15 is 0 Å². The molecule has 1 aromatic rings. The van der Waals surface area contributed by atoms with Crippen molar-refractivity contribution in [2.45, 2.75) is 12.8 Å². The van der Waals surface area contributed by atoms with Crippen molar-refractivity contribution in [3.05, 3.63) is 34.5 Å². The maximum absolute atomic E-state index is 13.6. The van der Waals surface area contributed by atoms with Gasteiger partial charge in [0.2, 0.25) is 0 Å². The first kappa shape index (κ1) is 18.2.